The molecule has 0 bridgehead atoms. The maximum absolute atomic E-state index is 13.0. The van der Waals surface area contributed by atoms with Gasteiger partial charge in [0.05, 0.1) is 23.8 Å². The third-order valence-corrected chi connectivity index (χ3v) is 4.75. The van der Waals surface area contributed by atoms with Crippen LogP contribution < -0.4 is 4.74 Å². The zero-order chi connectivity index (χ0) is 18.6. The monoisotopic (exact) mass is 353 g/mol. The zero-order valence-electron chi connectivity index (χ0n) is 14.8. The lowest BCUT2D eigenvalue weighted by molar-refractivity contribution is 0.0645. The molecule has 2 N–H and O–H groups in total. The standard InChI is InChI=1S/C19H19N3O4/c1-21(2)6-7-22-18(24)12-9-14(26-3)17-15(16(12)19(22)25)11-8-10(23)4-5-13(11)20-17/h4-5,8-9,20,23H,6-7H2,1-3H3. The summed E-state index contributed by atoms with van der Waals surface area (Å²) >= 11 is 0. The van der Waals surface area contributed by atoms with Crippen LogP contribution in [0.15, 0.2) is 24.3 Å². The number of ether oxygens (including phenoxy) is 1. The van der Waals surface area contributed by atoms with E-state index in [2.05, 4.69) is 4.98 Å². The number of likely N-dealkylation sites (N-methyl/N-ethyl adjacent to an activating group) is 1. The number of hydrogen-bond acceptors (Lipinski definition) is 5. The van der Waals surface area contributed by atoms with Crippen LogP contribution in [-0.2, 0) is 0 Å². The van der Waals surface area contributed by atoms with Crippen molar-refractivity contribution < 1.29 is 19.4 Å². The number of methoxy groups -OCH3 is 1. The van der Waals surface area contributed by atoms with Crippen molar-refractivity contribution in [2.75, 3.05) is 34.3 Å². The van der Waals surface area contributed by atoms with Gasteiger partial charge in [-0.2, -0.15) is 0 Å². The van der Waals surface area contributed by atoms with Gasteiger partial charge in [-0.15, -0.1) is 0 Å². The molecule has 0 fully saturated rings. The van der Waals surface area contributed by atoms with E-state index in [-0.39, 0.29) is 17.6 Å². The minimum absolute atomic E-state index is 0.0937. The highest BCUT2D eigenvalue weighted by molar-refractivity contribution is 6.30. The number of aromatic amines is 1. The van der Waals surface area contributed by atoms with Crippen molar-refractivity contribution in [3.05, 3.63) is 35.4 Å². The van der Waals surface area contributed by atoms with Gasteiger partial charge in [-0.3, -0.25) is 14.5 Å². The molecule has 2 heterocycles. The van der Waals surface area contributed by atoms with Crippen LogP contribution in [0.5, 0.6) is 11.5 Å². The van der Waals surface area contributed by atoms with Crippen LogP contribution >= 0.6 is 0 Å². The van der Waals surface area contributed by atoms with Gasteiger partial charge in [-0.05, 0) is 38.4 Å². The Bertz CT molecular complexity index is 1070. The highest BCUT2D eigenvalue weighted by Gasteiger charge is 2.38. The number of phenolic OH excluding ortho intramolecular Hbond substituents is 1. The Labute approximate surface area is 149 Å². The molecule has 3 aromatic rings. The van der Waals surface area contributed by atoms with Crippen molar-refractivity contribution in [2.45, 2.75) is 0 Å². The lowest BCUT2D eigenvalue weighted by Gasteiger charge is -2.16. The largest absolute Gasteiger partial charge is 0.508 e. The van der Waals surface area contributed by atoms with Crippen LogP contribution in [0.25, 0.3) is 21.8 Å². The van der Waals surface area contributed by atoms with Crippen LogP contribution in [0.4, 0.5) is 0 Å². The van der Waals surface area contributed by atoms with Gasteiger partial charge in [0, 0.05) is 29.4 Å². The summed E-state index contributed by atoms with van der Waals surface area (Å²) in [5.74, 6) is -0.0495. The lowest BCUT2D eigenvalue weighted by Crippen LogP contribution is -2.35. The summed E-state index contributed by atoms with van der Waals surface area (Å²) in [5.41, 5.74) is 2.10. The first-order valence-corrected chi connectivity index (χ1v) is 8.28. The number of amides is 2. The molecule has 0 atom stereocenters. The minimum Gasteiger partial charge on any atom is -0.508 e. The molecule has 7 nitrogen and oxygen atoms in total. The van der Waals surface area contributed by atoms with E-state index in [0.29, 0.717) is 46.3 Å². The maximum atomic E-state index is 13.0. The number of nitrogens with one attached hydrogen (secondary N) is 1. The van der Waals surface area contributed by atoms with Gasteiger partial charge >= 0.3 is 0 Å². The number of benzene rings is 2. The first-order chi connectivity index (χ1) is 12.4. The molecule has 0 aliphatic carbocycles. The summed E-state index contributed by atoms with van der Waals surface area (Å²) in [6.45, 7) is 0.900. The van der Waals surface area contributed by atoms with Gasteiger partial charge in [0.25, 0.3) is 11.8 Å². The number of phenols is 1. The molecule has 4 rings (SSSR count). The highest BCUT2D eigenvalue weighted by atomic mass is 16.5. The summed E-state index contributed by atoms with van der Waals surface area (Å²) in [6, 6.07) is 6.51. The SMILES string of the molecule is COc1cc2c(c3c1[nH]c1ccc(O)cc13)C(=O)N(CCN(C)C)C2=O. The molecule has 134 valence electrons. The average molecular weight is 353 g/mol. The molecule has 2 aromatic carbocycles. The van der Waals surface area contributed by atoms with Crippen molar-refractivity contribution in [3.8, 4) is 11.5 Å². The van der Waals surface area contributed by atoms with E-state index in [0.717, 1.165) is 5.52 Å². The minimum atomic E-state index is -0.318. The van der Waals surface area contributed by atoms with Crippen LogP contribution in [-0.4, -0.2) is 66.0 Å². The first-order valence-electron chi connectivity index (χ1n) is 8.28. The molecule has 0 saturated carbocycles. The Morgan fingerprint density at radius 2 is 1.96 bits per heavy atom. The summed E-state index contributed by atoms with van der Waals surface area (Å²) in [4.78, 5) is 32.3. The number of hydrogen-bond donors (Lipinski definition) is 2. The Morgan fingerprint density at radius 1 is 1.19 bits per heavy atom. The molecular weight excluding hydrogens is 334 g/mol. The van der Waals surface area contributed by atoms with E-state index in [1.165, 1.54) is 12.0 Å². The quantitative estimate of drug-likeness (QED) is 0.702. The number of carbonyl (C=O) groups is 2. The summed E-state index contributed by atoms with van der Waals surface area (Å²) in [6.07, 6.45) is 0. The molecule has 1 aromatic heterocycles. The molecule has 2 amide bonds. The molecule has 0 spiro atoms. The number of nitrogens with zero attached hydrogens (tertiary/aromatic N) is 2. The van der Waals surface area contributed by atoms with Crippen LogP contribution in [0.2, 0.25) is 0 Å². The number of H-pyrrole nitrogens is 1. The fraction of sp³-hybridized carbons (Fsp3) is 0.263. The molecule has 1 aliphatic heterocycles. The third kappa shape index (κ3) is 2.24. The average Bonchev–Trinajstić information content (AvgIpc) is 3.08. The van der Waals surface area contributed by atoms with Gasteiger partial charge in [-0.1, -0.05) is 0 Å². The third-order valence-electron chi connectivity index (χ3n) is 4.75. The highest BCUT2D eigenvalue weighted by Crippen LogP contribution is 2.40. The van der Waals surface area contributed by atoms with E-state index in [1.54, 1.807) is 24.3 Å². The Morgan fingerprint density at radius 3 is 2.65 bits per heavy atom. The molecule has 1 aliphatic rings. The fourth-order valence-corrected chi connectivity index (χ4v) is 3.46. The normalized spacial score (nSPS) is 14.1. The first kappa shape index (κ1) is 16.4. The number of aromatic nitrogens is 1. The van der Waals surface area contributed by atoms with Gasteiger partial charge in [-0.25, -0.2) is 0 Å². The van der Waals surface area contributed by atoms with E-state index in [9.17, 15) is 14.7 Å². The fourth-order valence-electron chi connectivity index (χ4n) is 3.46. The predicted molar refractivity (Wildman–Crippen MR) is 97.9 cm³/mol. The smallest absolute Gasteiger partial charge is 0.262 e. The second kappa shape index (κ2) is 5.74. The molecule has 26 heavy (non-hydrogen) atoms. The lowest BCUT2D eigenvalue weighted by atomic mass is 10.0. The van der Waals surface area contributed by atoms with Gasteiger partial charge in [0.15, 0.2) is 0 Å². The topological polar surface area (TPSA) is 85.9 Å². The number of rotatable bonds is 4. The Balaban J connectivity index is 2.00. The Kier molecular flexibility index (Phi) is 3.62. The van der Waals surface area contributed by atoms with Crippen LogP contribution in [0, 0.1) is 0 Å². The van der Waals surface area contributed by atoms with Gasteiger partial charge in [0.1, 0.15) is 11.5 Å². The molecule has 0 saturated heterocycles. The Hall–Kier alpha value is -3.06. The van der Waals surface area contributed by atoms with Crippen molar-refractivity contribution in [1.82, 2.24) is 14.8 Å². The number of imide groups is 1. The summed E-state index contributed by atoms with van der Waals surface area (Å²) in [5, 5.41) is 11.2. The van der Waals surface area contributed by atoms with Crippen molar-refractivity contribution in [3.63, 3.8) is 0 Å². The number of carbonyl (C=O) groups excluding carboxylic acids is 2. The van der Waals surface area contributed by atoms with Crippen molar-refractivity contribution in [1.29, 1.82) is 0 Å². The molecule has 7 heteroatoms. The van der Waals surface area contributed by atoms with E-state index >= 15 is 0 Å². The maximum Gasteiger partial charge on any atom is 0.262 e. The summed E-state index contributed by atoms with van der Waals surface area (Å²) in [7, 11) is 5.30. The second-order valence-corrected chi connectivity index (χ2v) is 6.67. The summed E-state index contributed by atoms with van der Waals surface area (Å²) < 4.78 is 5.45. The van der Waals surface area contributed by atoms with E-state index < -0.39 is 0 Å². The number of fused-ring (bicyclic) bond motifs is 5. The van der Waals surface area contributed by atoms with Crippen LogP contribution in [0.3, 0.4) is 0 Å². The van der Waals surface area contributed by atoms with Gasteiger partial charge < -0.3 is 19.7 Å². The van der Waals surface area contributed by atoms with E-state index in [4.69, 9.17) is 4.74 Å². The van der Waals surface area contributed by atoms with Gasteiger partial charge in [0.2, 0.25) is 0 Å². The molecular formula is C19H19N3O4. The number of aromatic hydroxyl groups is 1. The van der Waals surface area contributed by atoms with E-state index in [1.807, 2.05) is 19.0 Å². The zero-order valence-corrected chi connectivity index (χ0v) is 14.8. The molecule has 0 radical (unpaired) electrons. The van der Waals surface area contributed by atoms with Crippen molar-refractivity contribution in [2.24, 2.45) is 0 Å². The second-order valence-electron chi connectivity index (χ2n) is 6.67. The van der Waals surface area contributed by atoms with Crippen molar-refractivity contribution >= 4 is 33.6 Å². The van der Waals surface area contributed by atoms with Crippen LogP contribution in [0.1, 0.15) is 20.7 Å². The predicted octanol–water partition coefficient (Wildman–Crippen LogP) is 2.19. The molecule has 0 unspecified atom stereocenters.